The van der Waals surface area contributed by atoms with Crippen LogP contribution in [0.25, 0.3) is 17.0 Å². The van der Waals surface area contributed by atoms with E-state index in [2.05, 4.69) is 22.6 Å². The molecule has 0 aliphatic carbocycles. The van der Waals surface area contributed by atoms with Gasteiger partial charge in [-0.1, -0.05) is 77.5 Å². The number of allylic oxidation sites excluding steroid dienone is 1. The summed E-state index contributed by atoms with van der Waals surface area (Å²) >= 11 is 5.75. The molecule has 176 valence electrons. The highest BCUT2D eigenvalue weighted by Crippen LogP contribution is 2.37. The van der Waals surface area contributed by atoms with Crippen LogP contribution in [0.5, 0.6) is 0 Å². The summed E-state index contributed by atoms with van der Waals surface area (Å²) in [4.78, 5) is 6.77. The minimum atomic E-state index is -0.419. The molecule has 5 nitrogen and oxygen atoms in total. The lowest BCUT2D eigenvalue weighted by atomic mass is 9.94. The van der Waals surface area contributed by atoms with Crippen LogP contribution in [0.2, 0.25) is 0 Å². The van der Waals surface area contributed by atoms with Gasteiger partial charge in [0.1, 0.15) is 5.82 Å². The lowest BCUT2D eigenvalue weighted by molar-refractivity contribution is 0.397. The smallest absolute Gasteiger partial charge is 0.258 e. The molecule has 1 aliphatic heterocycles. The molecule has 1 aliphatic rings. The van der Waals surface area contributed by atoms with Crippen LogP contribution in [-0.2, 0) is 6.42 Å². The fourth-order valence-corrected chi connectivity index (χ4v) is 4.65. The van der Waals surface area contributed by atoms with Crippen molar-refractivity contribution in [2.45, 2.75) is 26.3 Å². The number of nitrogens with zero attached hydrogens (tertiary/aromatic N) is 3. The van der Waals surface area contributed by atoms with E-state index in [0.29, 0.717) is 23.4 Å². The van der Waals surface area contributed by atoms with Gasteiger partial charge in [0.25, 0.3) is 5.89 Å². The third-order valence-corrected chi connectivity index (χ3v) is 6.55. The lowest BCUT2D eigenvalue weighted by Gasteiger charge is -2.37. The first kappa shape index (κ1) is 22.9. The molecular formula is C28H25FN4OS. The predicted molar refractivity (Wildman–Crippen MR) is 139 cm³/mol. The Bertz CT molecular complexity index is 1380. The third kappa shape index (κ3) is 4.86. The van der Waals surface area contributed by atoms with Crippen LogP contribution in [0.1, 0.15) is 35.5 Å². The van der Waals surface area contributed by atoms with Gasteiger partial charge in [0.2, 0.25) is 5.82 Å². The summed E-state index contributed by atoms with van der Waals surface area (Å²) in [5.74, 6) is 0.568. The van der Waals surface area contributed by atoms with E-state index < -0.39 is 6.04 Å². The highest BCUT2D eigenvalue weighted by Gasteiger charge is 2.34. The van der Waals surface area contributed by atoms with Gasteiger partial charge in [0.15, 0.2) is 5.11 Å². The number of hydrogen-bond donors (Lipinski definition) is 1. The average Bonchev–Trinajstić information content (AvgIpc) is 3.34. The van der Waals surface area contributed by atoms with Gasteiger partial charge in [-0.3, -0.25) is 0 Å². The predicted octanol–water partition coefficient (Wildman–Crippen LogP) is 6.09. The summed E-state index contributed by atoms with van der Waals surface area (Å²) in [6, 6.07) is 24.3. The molecule has 1 unspecified atom stereocenters. The van der Waals surface area contributed by atoms with Gasteiger partial charge in [-0.25, -0.2) is 4.39 Å². The van der Waals surface area contributed by atoms with Crippen LogP contribution in [0.15, 0.2) is 89.1 Å². The van der Waals surface area contributed by atoms with E-state index >= 15 is 0 Å². The molecule has 35 heavy (non-hydrogen) atoms. The molecule has 7 heteroatoms. The zero-order valence-electron chi connectivity index (χ0n) is 19.5. The highest BCUT2D eigenvalue weighted by atomic mass is 32.1. The Hall–Kier alpha value is -3.84. The van der Waals surface area contributed by atoms with Crippen molar-refractivity contribution in [3.8, 4) is 11.4 Å². The van der Waals surface area contributed by atoms with E-state index in [1.807, 2.05) is 67.3 Å². The van der Waals surface area contributed by atoms with Gasteiger partial charge in [0, 0.05) is 17.8 Å². The molecule has 2 heterocycles. The van der Waals surface area contributed by atoms with E-state index in [1.54, 1.807) is 6.07 Å². The second kappa shape index (κ2) is 9.80. The molecule has 1 N–H and O–H groups in total. The summed E-state index contributed by atoms with van der Waals surface area (Å²) in [6.07, 6.45) is 0.816. The quantitative estimate of drug-likeness (QED) is 0.334. The molecule has 0 fully saturated rings. The van der Waals surface area contributed by atoms with Crippen molar-refractivity contribution in [3.63, 3.8) is 0 Å². The minimum absolute atomic E-state index is 0.315. The molecule has 0 saturated heterocycles. The fourth-order valence-electron chi connectivity index (χ4n) is 4.30. The van der Waals surface area contributed by atoms with Gasteiger partial charge >= 0.3 is 0 Å². The molecule has 0 radical (unpaired) electrons. The number of rotatable bonds is 6. The number of aromatic nitrogens is 2. The number of aryl methyl sites for hydroxylation is 1. The number of benzene rings is 3. The molecule has 3 aromatic carbocycles. The van der Waals surface area contributed by atoms with E-state index in [-0.39, 0.29) is 5.82 Å². The number of thiocarbonyl (C=S) groups is 1. The van der Waals surface area contributed by atoms with Gasteiger partial charge in [0.05, 0.1) is 11.6 Å². The van der Waals surface area contributed by atoms with Gasteiger partial charge < -0.3 is 14.7 Å². The van der Waals surface area contributed by atoms with Gasteiger partial charge in [-0.05, 0) is 55.7 Å². The maximum absolute atomic E-state index is 14.2. The highest BCUT2D eigenvalue weighted by molar-refractivity contribution is 7.80. The molecule has 0 amide bonds. The van der Waals surface area contributed by atoms with Crippen molar-refractivity contribution in [2.24, 2.45) is 0 Å². The molecule has 4 aromatic rings. The summed E-state index contributed by atoms with van der Waals surface area (Å²) in [7, 11) is 0. The maximum atomic E-state index is 14.2. The van der Waals surface area contributed by atoms with Crippen molar-refractivity contribution < 1.29 is 8.91 Å². The standard InChI is InChI=1S/C28H25FN4OS/c1-18-11-13-21(14-12-18)26-31-27(34-32-26)24-19(2)33(16-15-20-7-4-3-5-8-20)28(35)30-25(24)22-9-6-10-23(29)17-22/h3-14,17,25H,15-16H2,1-2H3,(H,30,35). The van der Waals surface area contributed by atoms with Crippen LogP contribution in [0, 0.1) is 12.7 Å². The largest absolute Gasteiger partial charge is 0.351 e. The number of nitrogens with one attached hydrogen (secondary N) is 1. The first-order valence-electron chi connectivity index (χ1n) is 11.5. The Morgan fingerprint density at radius 3 is 2.51 bits per heavy atom. The average molecular weight is 485 g/mol. The summed E-state index contributed by atoms with van der Waals surface area (Å²) in [5.41, 5.74) is 5.66. The molecular weight excluding hydrogens is 459 g/mol. The topological polar surface area (TPSA) is 54.2 Å². The van der Waals surface area contributed by atoms with Crippen LogP contribution < -0.4 is 5.32 Å². The Morgan fingerprint density at radius 1 is 1.00 bits per heavy atom. The molecule has 1 aromatic heterocycles. The van der Waals surface area contributed by atoms with Crippen LogP contribution >= 0.6 is 12.2 Å². The fraction of sp³-hybridized carbons (Fsp3) is 0.179. The third-order valence-electron chi connectivity index (χ3n) is 6.21. The summed E-state index contributed by atoms with van der Waals surface area (Å²) in [5, 5.41) is 8.20. The first-order valence-corrected chi connectivity index (χ1v) is 11.9. The second-order valence-corrected chi connectivity index (χ2v) is 9.00. The normalized spacial score (nSPS) is 15.9. The molecule has 1 atom stereocenters. The molecule has 0 spiro atoms. The van der Waals surface area contributed by atoms with Gasteiger partial charge in [-0.15, -0.1) is 0 Å². The monoisotopic (exact) mass is 484 g/mol. The van der Waals surface area contributed by atoms with Crippen LogP contribution in [-0.4, -0.2) is 26.7 Å². The number of halogens is 1. The Balaban J connectivity index is 1.55. The Morgan fingerprint density at radius 2 is 1.77 bits per heavy atom. The van der Waals surface area contributed by atoms with Crippen molar-refractivity contribution in [1.82, 2.24) is 20.4 Å². The Labute approximate surface area is 209 Å². The van der Waals surface area contributed by atoms with E-state index in [4.69, 9.17) is 21.7 Å². The van der Waals surface area contributed by atoms with Gasteiger partial charge in [-0.2, -0.15) is 4.98 Å². The molecule has 0 saturated carbocycles. The number of hydrogen-bond acceptors (Lipinski definition) is 4. The lowest BCUT2D eigenvalue weighted by Crippen LogP contribution is -2.46. The van der Waals surface area contributed by atoms with E-state index in [0.717, 1.165) is 34.4 Å². The zero-order valence-corrected chi connectivity index (χ0v) is 20.3. The SMILES string of the molecule is CC1=C(c2nc(-c3ccc(C)cc3)no2)C(c2cccc(F)c2)NC(=S)N1CCc1ccccc1. The van der Waals surface area contributed by atoms with Crippen molar-refractivity contribution >= 4 is 22.9 Å². The van der Waals surface area contributed by atoms with Crippen LogP contribution in [0.4, 0.5) is 4.39 Å². The van der Waals surface area contributed by atoms with Crippen molar-refractivity contribution in [1.29, 1.82) is 0 Å². The second-order valence-electron chi connectivity index (χ2n) is 8.61. The van der Waals surface area contributed by atoms with E-state index in [1.165, 1.54) is 17.7 Å². The van der Waals surface area contributed by atoms with Crippen molar-refractivity contribution in [2.75, 3.05) is 6.54 Å². The Kier molecular flexibility index (Phi) is 6.42. The van der Waals surface area contributed by atoms with E-state index in [9.17, 15) is 4.39 Å². The molecule has 5 rings (SSSR count). The molecule has 0 bridgehead atoms. The first-order chi connectivity index (χ1) is 17.0. The van der Waals surface area contributed by atoms with Crippen molar-refractivity contribution in [3.05, 3.63) is 113 Å². The summed E-state index contributed by atoms with van der Waals surface area (Å²) in [6.45, 7) is 4.71. The van der Waals surface area contributed by atoms with Crippen LogP contribution in [0.3, 0.4) is 0 Å². The summed E-state index contributed by atoms with van der Waals surface area (Å²) < 4.78 is 19.9. The maximum Gasteiger partial charge on any atom is 0.258 e. The minimum Gasteiger partial charge on any atom is -0.351 e. The zero-order chi connectivity index (χ0) is 24.4.